The van der Waals surface area contributed by atoms with E-state index in [2.05, 4.69) is 80.6 Å². The number of anilines is 1. The number of piperidine rings is 1. The Hall–Kier alpha value is -1.58. The van der Waals surface area contributed by atoms with Crippen molar-refractivity contribution in [2.24, 2.45) is 0 Å². The van der Waals surface area contributed by atoms with Gasteiger partial charge in [-0.2, -0.15) is 0 Å². The van der Waals surface area contributed by atoms with Gasteiger partial charge in [0.1, 0.15) is 10.4 Å². The van der Waals surface area contributed by atoms with Crippen molar-refractivity contribution in [2.75, 3.05) is 45.7 Å². The molecule has 0 bridgehead atoms. The van der Waals surface area contributed by atoms with Crippen molar-refractivity contribution in [1.82, 2.24) is 0 Å². The van der Waals surface area contributed by atoms with Gasteiger partial charge in [-0.3, -0.25) is 0 Å². The van der Waals surface area contributed by atoms with Crippen molar-refractivity contribution in [3.05, 3.63) is 54.6 Å². The van der Waals surface area contributed by atoms with E-state index in [1.807, 2.05) is 0 Å². The Morgan fingerprint density at radius 3 is 2.08 bits per heavy atom. The maximum absolute atomic E-state index is 2.47. The molecule has 0 atom stereocenters. The average Bonchev–Trinajstić information content (AvgIpc) is 2.67. The fourth-order valence-electron chi connectivity index (χ4n) is 4.19. The largest absolute Gasteiger partial charge is 0.390 e. The van der Waals surface area contributed by atoms with E-state index in [4.69, 9.17) is 0 Å². The van der Waals surface area contributed by atoms with Gasteiger partial charge in [0.25, 0.3) is 0 Å². The Morgan fingerprint density at radius 1 is 0.846 bits per heavy atom. The van der Waals surface area contributed by atoms with E-state index in [-0.39, 0.29) is 0 Å². The summed E-state index contributed by atoms with van der Waals surface area (Å²) in [4.78, 5) is 2.18. The average molecular weight is 367 g/mol. The molecule has 3 rings (SSSR count). The van der Waals surface area contributed by atoms with Gasteiger partial charge < -0.3 is 9.38 Å². The second-order valence-corrected chi connectivity index (χ2v) is 10.9. The quantitative estimate of drug-likeness (QED) is 0.536. The fraction of sp³-hybridized carbons (Fsp3) is 0.478. The fourth-order valence-corrected chi connectivity index (χ4v) is 6.78. The van der Waals surface area contributed by atoms with Crippen LogP contribution in [0.5, 0.6) is 0 Å². The van der Waals surface area contributed by atoms with Crippen LogP contribution in [0.1, 0.15) is 25.7 Å². The van der Waals surface area contributed by atoms with Crippen LogP contribution in [0.2, 0.25) is 6.04 Å². The molecule has 0 amide bonds. The first-order valence-electron chi connectivity index (χ1n) is 10.1. The third kappa shape index (κ3) is 4.98. The van der Waals surface area contributed by atoms with Crippen LogP contribution < -0.4 is 15.3 Å². The molecule has 0 unspecified atom stereocenters. The summed E-state index contributed by atoms with van der Waals surface area (Å²) in [5, 5.41) is 3.10. The van der Waals surface area contributed by atoms with Crippen LogP contribution in [0.15, 0.2) is 54.6 Å². The lowest BCUT2D eigenvalue weighted by molar-refractivity contribution is -0.914. The summed E-state index contributed by atoms with van der Waals surface area (Å²) in [5.41, 5.74) is 1.29. The molecule has 1 aliphatic heterocycles. The van der Waals surface area contributed by atoms with Crippen molar-refractivity contribution in [1.29, 1.82) is 0 Å². The predicted molar refractivity (Wildman–Crippen MR) is 116 cm³/mol. The van der Waals surface area contributed by atoms with Crippen LogP contribution >= 0.6 is 0 Å². The van der Waals surface area contributed by atoms with E-state index >= 15 is 0 Å². The number of benzene rings is 2. The molecule has 1 saturated heterocycles. The van der Waals surface area contributed by atoms with Gasteiger partial charge in [0.2, 0.25) is 0 Å². The lowest BCUT2D eigenvalue weighted by Crippen LogP contribution is -2.49. The second-order valence-electron chi connectivity index (χ2n) is 8.24. The molecular weight excluding hydrogens is 332 g/mol. The summed E-state index contributed by atoms with van der Waals surface area (Å²) in [6.07, 6.45) is 5.61. The van der Waals surface area contributed by atoms with Crippen LogP contribution in [0.25, 0.3) is 0 Å². The molecule has 0 aliphatic carbocycles. The molecule has 1 heterocycles. The number of likely N-dealkylation sites (tertiary alicyclic amines) is 1. The first-order chi connectivity index (χ1) is 12.6. The maximum Gasteiger partial charge on any atom is 0.390 e. The molecule has 2 nitrogen and oxygen atoms in total. The number of hydrogen-bond acceptors (Lipinski definition) is 1. The summed E-state index contributed by atoms with van der Waals surface area (Å²) < 4.78 is 1.30. The lowest BCUT2D eigenvalue weighted by atomic mass is 10.1. The van der Waals surface area contributed by atoms with Gasteiger partial charge >= 0.3 is 8.80 Å². The summed E-state index contributed by atoms with van der Waals surface area (Å²) in [6.45, 7) is 4.10. The molecule has 26 heavy (non-hydrogen) atoms. The Bertz CT molecular complexity index is 660. The first kappa shape index (κ1) is 19.2. The van der Waals surface area contributed by atoms with Crippen molar-refractivity contribution >= 4 is 24.9 Å². The third-order valence-electron chi connectivity index (χ3n) is 5.88. The minimum atomic E-state index is -0.697. The van der Waals surface area contributed by atoms with E-state index in [1.54, 1.807) is 10.4 Å². The second kappa shape index (κ2) is 8.87. The lowest BCUT2D eigenvalue weighted by Gasteiger charge is -2.37. The van der Waals surface area contributed by atoms with Crippen molar-refractivity contribution < 1.29 is 4.48 Å². The van der Waals surface area contributed by atoms with Crippen molar-refractivity contribution in [2.45, 2.75) is 31.7 Å². The SMILES string of the molecule is CN(C)c1ccc([Si+](CCC[N+]2(C)CCCCC2)c2ccccc2)cc1. The molecule has 0 spiro atoms. The van der Waals surface area contributed by atoms with Gasteiger partial charge in [-0.1, -0.05) is 18.2 Å². The Kier molecular flexibility index (Phi) is 6.55. The minimum absolute atomic E-state index is 0.697. The van der Waals surface area contributed by atoms with Gasteiger partial charge in [-0.25, -0.2) is 0 Å². The van der Waals surface area contributed by atoms with E-state index < -0.39 is 8.80 Å². The molecular formula is C23H34N2Si+2. The molecule has 0 saturated carbocycles. The molecule has 0 radical (unpaired) electrons. The molecule has 0 aromatic heterocycles. The van der Waals surface area contributed by atoms with Crippen LogP contribution in [-0.2, 0) is 0 Å². The maximum atomic E-state index is 2.47. The van der Waals surface area contributed by atoms with Crippen molar-refractivity contribution in [3.8, 4) is 0 Å². The number of hydrogen-bond donors (Lipinski definition) is 0. The highest BCUT2D eigenvalue weighted by atomic mass is 28.3. The zero-order valence-electron chi connectivity index (χ0n) is 16.7. The van der Waals surface area contributed by atoms with Crippen LogP contribution in [0.3, 0.4) is 0 Å². The molecule has 1 aliphatic rings. The van der Waals surface area contributed by atoms with Crippen LogP contribution in [-0.4, -0.2) is 54.1 Å². The third-order valence-corrected chi connectivity index (χ3v) is 8.79. The monoisotopic (exact) mass is 366 g/mol. The summed E-state index contributed by atoms with van der Waals surface area (Å²) >= 11 is 0. The van der Waals surface area contributed by atoms with E-state index in [0.717, 1.165) is 0 Å². The standard InChI is InChI=1S/C23H34N2Si/c1-24(2)21-13-15-23(16-14-21)26(22-11-6-4-7-12-22)20-10-19-25(3)17-8-5-9-18-25/h4,6-7,11-16H,5,8-10,17-20H2,1-3H3/q+2. The zero-order valence-corrected chi connectivity index (χ0v) is 17.7. The highest BCUT2D eigenvalue weighted by Gasteiger charge is 2.34. The van der Waals surface area contributed by atoms with Gasteiger partial charge in [0.05, 0.1) is 32.7 Å². The smallest absolute Gasteiger partial charge is 0.378 e. The topological polar surface area (TPSA) is 3.24 Å². The zero-order chi connectivity index (χ0) is 18.4. The Balaban J connectivity index is 1.71. The summed E-state index contributed by atoms with van der Waals surface area (Å²) in [6, 6.07) is 21.8. The minimum Gasteiger partial charge on any atom is -0.378 e. The van der Waals surface area contributed by atoms with Crippen LogP contribution in [0.4, 0.5) is 5.69 Å². The molecule has 2 aromatic carbocycles. The molecule has 2 aromatic rings. The number of nitrogens with zero attached hydrogens (tertiary/aromatic N) is 2. The molecule has 1 fully saturated rings. The van der Waals surface area contributed by atoms with E-state index in [1.165, 1.54) is 61.5 Å². The molecule has 0 N–H and O–H groups in total. The van der Waals surface area contributed by atoms with Gasteiger partial charge in [0, 0.05) is 26.2 Å². The van der Waals surface area contributed by atoms with E-state index in [9.17, 15) is 0 Å². The first-order valence-corrected chi connectivity index (χ1v) is 11.8. The van der Waals surface area contributed by atoms with E-state index in [0.29, 0.717) is 0 Å². The summed E-state index contributed by atoms with van der Waals surface area (Å²) in [7, 11) is 6.00. The van der Waals surface area contributed by atoms with Gasteiger partial charge in [-0.05, 0) is 55.7 Å². The highest BCUT2D eigenvalue weighted by molar-refractivity contribution is 6.85. The predicted octanol–water partition coefficient (Wildman–Crippen LogP) is 3.38. The molecule has 138 valence electrons. The van der Waals surface area contributed by atoms with Gasteiger partial charge in [0.15, 0.2) is 0 Å². The number of rotatable bonds is 7. The number of quaternary nitrogens is 1. The summed E-state index contributed by atoms with van der Waals surface area (Å²) in [5.74, 6) is 0. The Morgan fingerprint density at radius 2 is 1.46 bits per heavy atom. The normalized spacial score (nSPS) is 16.3. The molecule has 3 heteroatoms. The van der Waals surface area contributed by atoms with Gasteiger partial charge in [-0.15, -0.1) is 0 Å². The van der Waals surface area contributed by atoms with Crippen molar-refractivity contribution in [3.63, 3.8) is 0 Å². The van der Waals surface area contributed by atoms with Crippen LogP contribution in [0, 0.1) is 0 Å². The highest BCUT2D eigenvalue weighted by Crippen LogP contribution is 2.18. The Labute approximate surface area is 161 Å².